The molecular weight excluding hydrogens is 348 g/mol. The lowest BCUT2D eigenvalue weighted by Crippen LogP contribution is -2.62. The highest BCUT2D eigenvalue weighted by atomic mass is 16.4. The molecule has 2 aliphatic rings. The number of Topliss-reactive ketones (excluding diaryl/α,β-unsaturated/α-hetero) is 1. The van der Waals surface area contributed by atoms with Crippen LogP contribution in [0.4, 0.5) is 0 Å². The SMILES string of the molecule is CCC12C[C@](C)(O)[C@](O)(c3ccccc3)CC1CCc1cc(C(C)=O)ccc12. The van der Waals surface area contributed by atoms with Gasteiger partial charge in [-0.15, -0.1) is 0 Å². The Morgan fingerprint density at radius 3 is 2.50 bits per heavy atom. The van der Waals surface area contributed by atoms with E-state index in [9.17, 15) is 15.0 Å². The highest BCUT2D eigenvalue weighted by Gasteiger charge is 2.60. The van der Waals surface area contributed by atoms with Gasteiger partial charge in [0.15, 0.2) is 5.78 Å². The Morgan fingerprint density at radius 2 is 1.86 bits per heavy atom. The van der Waals surface area contributed by atoms with Crippen molar-refractivity contribution < 1.29 is 15.0 Å². The summed E-state index contributed by atoms with van der Waals surface area (Å²) in [7, 11) is 0. The van der Waals surface area contributed by atoms with Crippen LogP contribution >= 0.6 is 0 Å². The average Bonchev–Trinajstić information content (AvgIpc) is 2.69. The van der Waals surface area contributed by atoms with Gasteiger partial charge in [-0.25, -0.2) is 0 Å². The van der Waals surface area contributed by atoms with E-state index in [1.807, 2.05) is 42.5 Å². The van der Waals surface area contributed by atoms with Gasteiger partial charge in [-0.05, 0) is 74.6 Å². The summed E-state index contributed by atoms with van der Waals surface area (Å²) in [5.41, 5.74) is 1.36. The van der Waals surface area contributed by atoms with Crippen molar-refractivity contribution in [3.63, 3.8) is 0 Å². The van der Waals surface area contributed by atoms with Crippen LogP contribution in [-0.2, 0) is 17.4 Å². The first kappa shape index (κ1) is 19.4. The van der Waals surface area contributed by atoms with E-state index in [1.54, 1.807) is 13.8 Å². The molecule has 0 radical (unpaired) electrons. The van der Waals surface area contributed by atoms with E-state index in [0.29, 0.717) is 18.8 Å². The first-order valence-electron chi connectivity index (χ1n) is 10.4. The Labute approximate surface area is 167 Å². The predicted molar refractivity (Wildman–Crippen MR) is 110 cm³/mol. The average molecular weight is 379 g/mol. The highest BCUT2D eigenvalue weighted by Crippen LogP contribution is 2.59. The molecule has 0 bridgehead atoms. The van der Waals surface area contributed by atoms with E-state index in [1.165, 1.54) is 11.1 Å². The number of aliphatic hydroxyl groups is 2. The van der Waals surface area contributed by atoms with Crippen LogP contribution in [0, 0.1) is 5.92 Å². The molecule has 1 fully saturated rings. The molecule has 2 aromatic rings. The molecule has 4 atom stereocenters. The van der Waals surface area contributed by atoms with Crippen LogP contribution in [-0.4, -0.2) is 21.6 Å². The van der Waals surface area contributed by atoms with Crippen LogP contribution < -0.4 is 0 Å². The molecule has 0 heterocycles. The summed E-state index contributed by atoms with van der Waals surface area (Å²) in [6, 6.07) is 15.7. The maximum atomic E-state index is 11.8. The van der Waals surface area contributed by atoms with Crippen molar-refractivity contribution in [1.82, 2.24) is 0 Å². The van der Waals surface area contributed by atoms with Crippen LogP contribution in [0.3, 0.4) is 0 Å². The van der Waals surface area contributed by atoms with Gasteiger partial charge in [0.05, 0.1) is 5.60 Å². The maximum Gasteiger partial charge on any atom is 0.159 e. The quantitative estimate of drug-likeness (QED) is 0.772. The van der Waals surface area contributed by atoms with Crippen molar-refractivity contribution in [1.29, 1.82) is 0 Å². The largest absolute Gasteiger partial charge is 0.387 e. The summed E-state index contributed by atoms with van der Waals surface area (Å²) in [5, 5.41) is 23.2. The van der Waals surface area contributed by atoms with Gasteiger partial charge in [-0.2, -0.15) is 0 Å². The minimum absolute atomic E-state index is 0.0876. The molecule has 0 spiro atoms. The molecule has 0 aliphatic heterocycles. The summed E-state index contributed by atoms with van der Waals surface area (Å²) in [5.74, 6) is 0.378. The minimum atomic E-state index is -1.26. The van der Waals surface area contributed by atoms with E-state index in [4.69, 9.17) is 0 Å². The lowest BCUT2D eigenvalue weighted by atomic mass is 9.49. The fourth-order valence-corrected chi connectivity index (χ4v) is 5.95. The van der Waals surface area contributed by atoms with E-state index in [2.05, 4.69) is 13.0 Å². The number of carbonyl (C=O) groups is 1. The zero-order chi connectivity index (χ0) is 20.2. The summed E-state index contributed by atoms with van der Waals surface area (Å²) in [6.45, 7) is 5.57. The Morgan fingerprint density at radius 1 is 1.14 bits per heavy atom. The van der Waals surface area contributed by atoms with E-state index >= 15 is 0 Å². The predicted octanol–water partition coefficient (Wildman–Crippen LogP) is 4.53. The molecule has 4 rings (SSSR count). The first-order valence-corrected chi connectivity index (χ1v) is 10.4. The Kier molecular flexibility index (Phi) is 4.52. The van der Waals surface area contributed by atoms with Crippen LogP contribution in [0.2, 0.25) is 0 Å². The number of fused-ring (bicyclic) bond motifs is 3. The molecule has 2 aromatic carbocycles. The van der Waals surface area contributed by atoms with Crippen LogP contribution in [0.5, 0.6) is 0 Å². The number of ketones is 1. The fraction of sp³-hybridized carbons (Fsp3) is 0.480. The molecule has 2 N–H and O–H groups in total. The van der Waals surface area contributed by atoms with Crippen LogP contribution in [0.1, 0.15) is 73.5 Å². The molecule has 2 unspecified atom stereocenters. The molecule has 0 amide bonds. The Balaban J connectivity index is 1.81. The van der Waals surface area contributed by atoms with Gasteiger partial charge in [0.25, 0.3) is 0 Å². The van der Waals surface area contributed by atoms with Gasteiger partial charge in [0, 0.05) is 11.0 Å². The van der Waals surface area contributed by atoms with Gasteiger partial charge < -0.3 is 10.2 Å². The summed E-state index contributed by atoms with van der Waals surface area (Å²) >= 11 is 0. The van der Waals surface area contributed by atoms with Gasteiger partial charge in [-0.1, -0.05) is 49.4 Å². The Hall–Kier alpha value is -1.97. The third kappa shape index (κ3) is 2.67. The van der Waals surface area contributed by atoms with Crippen molar-refractivity contribution in [2.45, 2.75) is 69.5 Å². The zero-order valence-electron chi connectivity index (χ0n) is 17.0. The van der Waals surface area contributed by atoms with E-state index in [0.717, 1.165) is 30.4 Å². The second-order valence-corrected chi connectivity index (χ2v) is 9.05. The monoisotopic (exact) mass is 378 g/mol. The van der Waals surface area contributed by atoms with Crippen molar-refractivity contribution in [2.75, 3.05) is 0 Å². The molecule has 148 valence electrons. The van der Waals surface area contributed by atoms with Crippen molar-refractivity contribution in [2.24, 2.45) is 5.92 Å². The molecule has 1 saturated carbocycles. The van der Waals surface area contributed by atoms with Crippen molar-refractivity contribution in [3.05, 3.63) is 70.8 Å². The smallest absolute Gasteiger partial charge is 0.159 e. The molecular formula is C25H30O3. The number of aryl methyl sites for hydroxylation is 1. The lowest BCUT2D eigenvalue weighted by molar-refractivity contribution is -0.205. The number of hydrogen-bond acceptors (Lipinski definition) is 3. The fourth-order valence-electron chi connectivity index (χ4n) is 5.95. The van der Waals surface area contributed by atoms with Gasteiger partial charge in [-0.3, -0.25) is 4.79 Å². The maximum absolute atomic E-state index is 11.8. The summed E-state index contributed by atoms with van der Waals surface area (Å²) < 4.78 is 0. The molecule has 2 aliphatic carbocycles. The molecule has 28 heavy (non-hydrogen) atoms. The third-order valence-electron chi connectivity index (χ3n) is 7.57. The second-order valence-electron chi connectivity index (χ2n) is 9.05. The second kappa shape index (κ2) is 6.53. The summed E-state index contributed by atoms with van der Waals surface area (Å²) in [6.07, 6.45) is 3.85. The zero-order valence-corrected chi connectivity index (χ0v) is 17.0. The van der Waals surface area contributed by atoms with Crippen LogP contribution in [0.15, 0.2) is 48.5 Å². The first-order chi connectivity index (χ1) is 13.2. The molecule has 3 nitrogen and oxygen atoms in total. The topological polar surface area (TPSA) is 57.5 Å². The Bertz CT molecular complexity index is 901. The van der Waals surface area contributed by atoms with Gasteiger partial charge in [0.2, 0.25) is 0 Å². The molecule has 0 aromatic heterocycles. The normalized spacial score (nSPS) is 34.4. The van der Waals surface area contributed by atoms with Crippen molar-refractivity contribution in [3.8, 4) is 0 Å². The number of benzene rings is 2. The number of hydrogen-bond donors (Lipinski definition) is 2. The number of rotatable bonds is 3. The molecule has 3 heteroatoms. The standard InChI is InChI=1S/C25H30O3/c1-4-24-16-23(3,27)25(28,20-8-6-5-7-9-20)15-21(24)12-10-19-14-18(17(2)26)11-13-22(19)24/h5-9,11,13-14,21,27-28H,4,10,12,15-16H2,1-3H3/t21?,23-,24?,25+/m0/s1. The van der Waals surface area contributed by atoms with Crippen molar-refractivity contribution >= 4 is 5.78 Å². The van der Waals surface area contributed by atoms with E-state index in [-0.39, 0.29) is 11.2 Å². The van der Waals surface area contributed by atoms with Crippen LogP contribution in [0.25, 0.3) is 0 Å². The van der Waals surface area contributed by atoms with E-state index < -0.39 is 11.2 Å². The number of carbonyl (C=O) groups excluding carboxylic acids is 1. The minimum Gasteiger partial charge on any atom is -0.387 e. The summed E-state index contributed by atoms with van der Waals surface area (Å²) in [4.78, 5) is 11.8. The lowest BCUT2D eigenvalue weighted by Gasteiger charge is -2.59. The third-order valence-corrected chi connectivity index (χ3v) is 7.57. The molecule has 0 saturated heterocycles. The highest BCUT2D eigenvalue weighted by molar-refractivity contribution is 5.94. The van der Waals surface area contributed by atoms with Gasteiger partial charge in [0.1, 0.15) is 5.60 Å². The van der Waals surface area contributed by atoms with Gasteiger partial charge >= 0.3 is 0 Å².